The fourth-order valence-corrected chi connectivity index (χ4v) is 3.50. The number of carbonyl (C=O) groups is 1. The van der Waals surface area contributed by atoms with Gasteiger partial charge in [-0.05, 0) is 18.1 Å². The minimum Gasteiger partial charge on any atom is -0.490 e. The van der Waals surface area contributed by atoms with Crippen molar-refractivity contribution in [3.8, 4) is 11.5 Å². The molecule has 2 atom stereocenters. The molecule has 2 N–H and O–H groups in total. The quantitative estimate of drug-likeness (QED) is 0.814. The van der Waals surface area contributed by atoms with Crippen molar-refractivity contribution >= 4 is 16.0 Å². The maximum Gasteiger partial charge on any atom is 0.322 e. The topological polar surface area (TPSA) is 102 Å². The van der Waals surface area contributed by atoms with Crippen LogP contribution in [0, 0.1) is 5.92 Å². The van der Waals surface area contributed by atoms with Gasteiger partial charge in [-0.25, -0.2) is 8.42 Å². The van der Waals surface area contributed by atoms with Gasteiger partial charge in [0.2, 0.25) is 10.0 Å². The normalized spacial score (nSPS) is 17.1. The lowest BCUT2D eigenvalue weighted by Crippen LogP contribution is -2.44. The predicted molar refractivity (Wildman–Crippen MR) is 83.2 cm³/mol. The molecule has 0 amide bonds. The van der Waals surface area contributed by atoms with Crippen molar-refractivity contribution in [1.29, 1.82) is 0 Å². The van der Waals surface area contributed by atoms with Crippen molar-refractivity contribution in [3.05, 3.63) is 18.2 Å². The van der Waals surface area contributed by atoms with Crippen molar-refractivity contribution in [3.63, 3.8) is 0 Å². The summed E-state index contributed by atoms with van der Waals surface area (Å²) in [5.41, 5.74) is 0. The first-order valence-electron chi connectivity index (χ1n) is 7.50. The van der Waals surface area contributed by atoms with Crippen LogP contribution in [0.1, 0.15) is 26.7 Å². The summed E-state index contributed by atoms with van der Waals surface area (Å²) in [6.07, 6.45) is 1.25. The molecule has 0 radical (unpaired) electrons. The first kappa shape index (κ1) is 17.6. The summed E-state index contributed by atoms with van der Waals surface area (Å²) in [5.74, 6) is -0.695. The van der Waals surface area contributed by atoms with Gasteiger partial charge < -0.3 is 14.6 Å². The number of nitrogens with one attached hydrogen (secondary N) is 1. The number of carboxylic acid groups (broad SMARTS) is 1. The van der Waals surface area contributed by atoms with Crippen LogP contribution in [0.3, 0.4) is 0 Å². The molecule has 8 heteroatoms. The molecule has 0 aliphatic carbocycles. The molecule has 128 valence electrons. The summed E-state index contributed by atoms with van der Waals surface area (Å²) in [6, 6.07) is 3.08. The lowest BCUT2D eigenvalue weighted by molar-refractivity contribution is -0.140. The van der Waals surface area contributed by atoms with Crippen LogP contribution in [0.2, 0.25) is 0 Å². The Kier molecular flexibility index (Phi) is 5.48. The van der Waals surface area contributed by atoms with Crippen LogP contribution in [0.4, 0.5) is 0 Å². The summed E-state index contributed by atoms with van der Waals surface area (Å²) in [5, 5.41) is 9.24. The molecule has 1 heterocycles. The SMILES string of the molecule is CC[C@H](C)[C@H](NS(=O)(=O)c1ccc2c(c1)OCCCO2)C(=O)O. The van der Waals surface area contributed by atoms with E-state index in [2.05, 4.69) is 4.72 Å². The second kappa shape index (κ2) is 7.18. The molecular weight excluding hydrogens is 322 g/mol. The molecule has 0 saturated heterocycles. The van der Waals surface area contributed by atoms with E-state index in [1.807, 2.05) is 6.92 Å². The van der Waals surface area contributed by atoms with Crippen LogP contribution in [-0.2, 0) is 14.8 Å². The Labute approximate surface area is 135 Å². The highest BCUT2D eigenvalue weighted by Gasteiger charge is 2.30. The first-order chi connectivity index (χ1) is 10.8. The molecule has 23 heavy (non-hydrogen) atoms. The highest BCUT2D eigenvalue weighted by atomic mass is 32.2. The summed E-state index contributed by atoms with van der Waals surface area (Å²) in [6.45, 7) is 4.44. The third-order valence-corrected chi connectivity index (χ3v) is 5.23. The Morgan fingerprint density at radius 3 is 2.57 bits per heavy atom. The second-order valence-electron chi connectivity index (χ2n) is 5.48. The number of ether oxygens (including phenoxy) is 2. The monoisotopic (exact) mass is 343 g/mol. The number of aliphatic carboxylic acids is 1. The molecule has 1 aliphatic heterocycles. The van der Waals surface area contributed by atoms with Gasteiger partial charge in [0.05, 0.1) is 18.1 Å². The van der Waals surface area contributed by atoms with Crippen LogP contribution < -0.4 is 14.2 Å². The van der Waals surface area contributed by atoms with E-state index in [0.29, 0.717) is 37.6 Å². The number of hydrogen-bond acceptors (Lipinski definition) is 5. The fraction of sp³-hybridized carbons (Fsp3) is 0.533. The van der Waals surface area contributed by atoms with E-state index in [1.165, 1.54) is 18.2 Å². The van der Waals surface area contributed by atoms with Crippen molar-refractivity contribution in [2.75, 3.05) is 13.2 Å². The minimum atomic E-state index is -3.97. The van der Waals surface area contributed by atoms with Crippen molar-refractivity contribution in [2.24, 2.45) is 5.92 Å². The Morgan fingerprint density at radius 1 is 1.30 bits per heavy atom. The minimum absolute atomic E-state index is 0.0451. The van der Waals surface area contributed by atoms with Crippen molar-refractivity contribution in [2.45, 2.75) is 37.6 Å². The molecule has 0 spiro atoms. The van der Waals surface area contributed by atoms with Crippen molar-refractivity contribution in [1.82, 2.24) is 4.72 Å². The Bertz CT molecular complexity index is 673. The van der Waals surface area contributed by atoms with Gasteiger partial charge in [-0.15, -0.1) is 0 Å². The average Bonchev–Trinajstić information content (AvgIpc) is 2.76. The Hall–Kier alpha value is -1.80. The molecule has 0 fully saturated rings. The number of benzene rings is 1. The summed E-state index contributed by atoms with van der Waals surface area (Å²) in [4.78, 5) is 11.3. The fourth-order valence-electron chi connectivity index (χ4n) is 2.19. The van der Waals surface area contributed by atoms with Crippen LogP contribution in [0.25, 0.3) is 0 Å². The smallest absolute Gasteiger partial charge is 0.322 e. The zero-order chi connectivity index (χ0) is 17.0. The standard InChI is InChI=1S/C15H21NO6S/c1-3-10(2)14(15(17)18)16-23(19,20)11-5-6-12-13(9-11)22-8-4-7-21-12/h5-6,9-10,14,16H,3-4,7-8H2,1-2H3,(H,17,18)/t10-,14-/m0/s1. The van der Waals surface area contributed by atoms with Crippen LogP contribution in [0.5, 0.6) is 11.5 Å². The molecule has 2 rings (SSSR count). The molecule has 1 aromatic rings. The van der Waals surface area contributed by atoms with E-state index in [-0.39, 0.29) is 10.8 Å². The highest BCUT2D eigenvalue weighted by molar-refractivity contribution is 7.89. The zero-order valence-corrected chi connectivity index (χ0v) is 13.9. The van der Waals surface area contributed by atoms with Gasteiger partial charge in [0.1, 0.15) is 6.04 Å². The first-order valence-corrected chi connectivity index (χ1v) is 8.98. The molecule has 0 aromatic heterocycles. The summed E-state index contributed by atoms with van der Waals surface area (Å²) in [7, 11) is -3.97. The number of sulfonamides is 1. The number of fused-ring (bicyclic) bond motifs is 1. The molecule has 0 unspecified atom stereocenters. The Morgan fingerprint density at radius 2 is 1.96 bits per heavy atom. The van der Waals surface area contributed by atoms with Gasteiger partial charge in [-0.1, -0.05) is 20.3 Å². The van der Waals surface area contributed by atoms with Gasteiger partial charge in [0.15, 0.2) is 11.5 Å². The van der Waals surface area contributed by atoms with Crippen molar-refractivity contribution < 1.29 is 27.8 Å². The Balaban J connectivity index is 2.28. The van der Waals surface area contributed by atoms with E-state index in [1.54, 1.807) is 6.92 Å². The molecular formula is C15H21NO6S. The van der Waals surface area contributed by atoms with E-state index in [9.17, 15) is 18.3 Å². The van der Waals surface area contributed by atoms with Gasteiger partial charge in [-0.2, -0.15) is 4.72 Å². The third-order valence-electron chi connectivity index (χ3n) is 3.79. The largest absolute Gasteiger partial charge is 0.490 e. The lowest BCUT2D eigenvalue weighted by Gasteiger charge is -2.20. The number of carboxylic acids is 1. The maximum absolute atomic E-state index is 12.5. The zero-order valence-electron chi connectivity index (χ0n) is 13.1. The lowest BCUT2D eigenvalue weighted by atomic mass is 10.0. The molecule has 1 aliphatic rings. The highest BCUT2D eigenvalue weighted by Crippen LogP contribution is 2.32. The summed E-state index contributed by atoms with van der Waals surface area (Å²) < 4.78 is 38.1. The van der Waals surface area contributed by atoms with Crippen LogP contribution in [-0.4, -0.2) is 38.7 Å². The van der Waals surface area contributed by atoms with Gasteiger partial charge in [0, 0.05) is 12.5 Å². The molecule has 0 saturated carbocycles. The van der Waals surface area contributed by atoms with Gasteiger partial charge >= 0.3 is 5.97 Å². The van der Waals surface area contributed by atoms with Gasteiger partial charge in [-0.3, -0.25) is 4.79 Å². The maximum atomic E-state index is 12.5. The van der Waals surface area contributed by atoms with E-state index < -0.39 is 22.0 Å². The van der Waals surface area contributed by atoms with Crippen LogP contribution >= 0.6 is 0 Å². The van der Waals surface area contributed by atoms with Crippen LogP contribution in [0.15, 0.2) is 23.1 Å². The van der Waals surface area contributed by atoms with E-state index in [0.717, 1.165) is 0 Å². The number of hydrogen-bond donors (Lipinski definition) is 2. The van der Waals surface area contributed by atoms with Gasteiger partial charge in [0.25, 0.3) is 0 Å². The van der Waals surface area contributed by atoms with E-state index >= 15 is 0 Å². The predicted octanol–water partition coefficient (Wildman–Crippen LogP) is 1.63. The molecule has 0 bridgehead atoms. The second-order valence-corrected chi connectivity index (χ2v) is 7.20. The summed E-state index contributed by atoms with van der Waals surface area (Å²) >= 11 is 0. The average molecular weight is 343 g/mol. The van der Waals surface area contributed by atoms with E-state index in [4.69, 9.17) is 9.47 Å². The molecule has 1 aromatic carbocycles. The molecule has 7 nitrogen and oxygen atoms in total. The number of rotatable bonds is 6. The third kappa shape index (κ3) is 4.14.